The van der Waals surface area contributed by atoms with Gasteiger partial charge in [-0.05, 0) is 87.9 Å². The fraction of sp³-hybridized carbons (Fsp3) is 0.944. The standard InChI is InChI=1S/C18H30O3/c1-2-21-18(20)10-12-3-7-16-13(9-12)4-5-14-11-15(19)6-8-17(14)16/h12-17,19H,2-11H2,1H3/t12-,13-,14-,15-,16-,17+/m1/s1. The lowest BCUT2D eigenvalue weighted by Crippen LogP contribution is -2.42. The van der Waals surface area contributed by atoms with Crippen molar-refractivity contribution in [2.75, 3.05) is 6.61 Å². The SMILES string of the molecule is CCOC(=O)C[C@@H]1CC[C@@H]2[C@H](CC[C@@H]3C[C@H](O)CC[C@@H]32)C1. The normalized spacial score (nSPS) is 42.8. The van der Waals surface area contributed by atoms with Gasteiger partial charge in [-0.1, -0.05) is 0 Å². The molecule has 120 valence electrons. The summed E-state index contributed by atoms with van der Waals surface area (Å²) in [6.45, 7) is 2.39. The molecule has 0 amide bonds. The van der Waals surface area contributed by atoms with Crippen molar-refractivity contribution in [2.45, 2.75) is 70.8 Å². The van der Waals surface area contributed by atoms with E-state index in [1.807, 2.05) is 6.92 Å². The molecule has 0 saturated heterocycles. The summed E-state index contributed by atoms with van der Waals surface area (Å²) in [5, 5.41) is 9.88. The summed E-state index contributed by atoms with van der Waals surface area (Å²) in [4.78, 5) is 11.7. The minimum absolute atomic E-state index is 0.00424. The molecule has 3 saturated carbocycles. The molecule has 0 heterocycles. The van der Waals surface area contributed by atoms with Gasteiger partial charge in [0.2, 0.25) is 0 Å². The molecule has 3 fully saturated rings. The van der Waals surface area contributed by atoms with Gasteiger partial charge in [-0.2, -0.15) is 0 Å². The number of hydrogen-bond donors (Lipinski definition) is 1. The van der Waals surface area contributed by atoms with Gasteiger partial charge in [0.1, 0.15) is 0 Å². The van der Waals surface area contributed by atoms with Gasteiger partial charge >= 0.3 is 5.97 Å². The Kier molecular flexibility index (Phi) is 4.88. The highest BCUT2D eigenvalue weighted by Gasteiger charge is 2.44. The van der Waals surface area contributed by atoms with Crippen molar-refractivity contribution in [1.29, 1.82) is 0 Å². The van der Waals surface area contributed by atoms with Crippen molar-refractivity contribution in [1.82, 2.24) is 0 Å². The molecule has 0 bridgehead atoms. The number of hydrogen-bond acceptors (Lipinski definition) is 3. The summed E-state index contributed by atoms with van der Waals surface area (Å²) in [5.74, 6) is 3.88. The lowest BCUT2D eigenvalue weighted by molar-refractivity contribution is -0.145. The Morgan fingerprint density at radius 3 is 2.38 bits per heavy atom. The van der Waals surface area contributed by atoms with E-state index >= 15 is 0 Å². The average molecular weight is 294 g/mol. The van der Waals surface area contributed by atoms with Gasteiger partial charge in [0.15, 0.2) is 0 Å². The second kappa shape index (κ2) is 6.68. The fourth-order valence-electron chi connectivity index (χ4n) is 5.51. The number of ether oxygens (including phenoxy) is 1. The molecule has 0 unspecified atom stereocenters. The molecule has 3 rings (SSSR count). The van der Waals surface area contributed by atoms with Gasteiger partial charge in [0.05, 0.1) is 12.7 Å². The summed E-state index contributed by atoms with van der Waals surface area (Å²) in [6, 6.07) is 0. The van der Waals surface area contributed by atoms with Crippen LogP contribution in [0.4, 0.5) is 0 Å². The molecule has 3 aliphatic rings. The van der Waals surface area contributed by atoms with E-state index in [-0.39, 0.29) is 12.1 Å². The number of carbonyl (C=O) groups excluding carboxylic acids is 1. The Labute approximate surface area is 128 Å². The largest absolute Gasteiger partial charge is 0.466 e. The van der Waals surface area contributed by atoms with Crippen LogP contribution >= 0.6 is 0 Å². The van der Waals surface area contributed by atoms with Gasteiger partial charge in [0, 0.05) is 6.42 Å². The summed E-state index contributed by atoms with van der Waals surface area (Å²) in [6.07, 6.45) is 10.2. The predicted molar refractivity (Wildman–Crippen MR) is 81.6 cm³/mol. The fourth-order valence-corrected chi connectivity index (χ4v) is 5.51. The molecule has 1 N–H and O–H groups in total. The van der Waals surface area contributed by atoms with E-state index < -0.39 is 0 Å². The zero-order valence-corrected chi connectivity index (χ0v) is 13.3. The highest BCUT2D eigenvalue weighted by atomic mass is 16.5. The zero-order valence-electron chi connectivity index (χ0n) is 13.3. The molecule has 21 heavy (non-hydrogen) atoms. The third-order valence-corrected chi connectivity index (χ3v) is 6.38. The molecule has 3 heteroatoms. The maximum absolute atomic E-state index is 11.7. The van der Waals surface area contributed by atoms with Gasteiger partial charge in [-0.15, -0.1) is 0 Å². The predicted octanol–water partition coefficient (Wildman–Crippen LogP) is 3.54. The van der Waals surface area contributed by atoms with Crippen LogP contribution in [0, 0.1) is 29.6 Å². The summed E-state index contributed by atoms with van der Waals surface area (Å²) < 4.78 is 5.11. The summed E-state index contributed by atoms with van der Waals surface area (Å²) >= 11 is 0. The lowest BCUT2D eigenvalue weighted by Gasteiger charge is -2.50. The van der Waals surface area contributed by atoms with Crippen LogP contribution in [0.3, 0.4) is 0 Å². The molecule has 0 aromatic heterocycles. The van der Waals surface area contributed by atoms with Gasteiger partial charge < -0.3 is 9.84 Å². The molecular weight excluding hydrogens is 264 g/mol. The van der Waals surface area contributed by atoms with Crippen LogP contribution in [0.1, 0.15) is 64.7 Å². The number of esters is 1. The van der Waals surface area contributed by atoms with Crippen LogP contribution in [0.2, 0.25) is 0 Å². The Morgan fingerprint density at radius 2 is 1.67 bits per heavy atom. The van der Waals surface area contributed by atoms with E-state index in [0.717, 1.165) is 36.5 Å². The minimum Gasteiger partial charge on any atom is -0.466 e. The van der Waals surface area contributed by atoms with Crippen molar-refractivity contribution < 1.29 is 14.6 Å². The van der Waals surface area contributed by atoms with E-state index in [0.29, 0.717) is 18.9 Å². The van der Waals surface area contributed by atoms with Crippen molar-refractivity contribution in [3.8, 4) is 0 Å². The Balaban J connectivity index is 1.55. The molecule has 0 aliphatic heterocycles. The van der Waals surface area contributed by atoms with Crippen LogP contribution in [0.25, 0.3) is 0 Å². The Hall–Kier alpha value is -0.570. The first-order valence-corrected chi connectivity index (χ1v) is 9.01. The smallest absolute Gasteiger partial charge is 0.306 e. The monoisotopic (exact) mass is 294 g/mol. The highest BCUT2D eigenvalue weighted by Crippen LogP contribution is 2.52. The average Bonchev–Trinajstić information content (AvgIpc) is 2.46. The van der Waals surface area contributed by atoms with Gasteiger partial charge in [-0.3, -0.25) is 4.79 Å². The quantitative estimate of drug-likeness (QED) is 0.810. The maximum atomic E-state index is 11.7. The molecule has 3 aliphatic carbocycles. The van der Waals surface area contributed by atoms with Crippen molar-refractivity contribution in [3.63, 3.8) is 0 Å². The van der Waals surface area contributed by atoms with Crippen LogP contribution in [0.5, 0.6) is 0 Å². The van der Waals surface area contributed by atoms with E-state index in [4.69, 9.17) is 4.74 Å². The number of carbonyl (C=O) groups is 1. The van der Waals surface area contributed by atoms with Crippen LogP contribution in [0.15, 0.2) is 0 Å². The first-order valence-electron chi connectivity index (χ1n) is 9.01. The first-order chi connectivity index (χ1) is 10.2. The number of rotatable bonds is 3. The van der Waals surface area contributed by atoms with Crippen molar-refractivity contribution >= 4 is 5.97 Å². The third kappa shape index (κ3) is 3.44. The second-order valence-corrected chi connectivity index (χ2v) is 7.58. The van der Waals surface area contributed by atoms with E-state index in [1.54, 1.807) is 0 Å². The molecule has 0 aromatic rings. The molecule has 6 atom stereocenters. The maximum Gasteiger partial charge on any atom is 0.306 e. The summed E-state index contributed by atoms with van der Waals surface area (Å²) in [7, 11) is 0. The van der Waals surface area contributed by atoms with E-state index in [2.05, 4.69) is 0 Å². The topological polar surface area (TPSA) is 46.5 Å². The first kappa shape index (κ1) is 15.3. The second-order valence-electron chi connectivity index (χ2n) is 7.58. The van der Waals surface area contributed by atoms with E-state index in [1.165, 1.54) is 38.5 Å². The summed E-state index contributed by atoms with van der Waals surface area (Å²) in [5.41, 5.74) is 0. The van der Waals surface area contributed by atoms with Gasteiger partial charge in [0.25, 0.3) is 0 Å². The minimum atomic E-state index is -0.0389. The molecule has 3 nitrogen and oxygen atoms in total. The van der Waals surface area contributed by atoms with E-state index in [9.17, 15) is 9.90 Å². The van der Waals surface area contributed by atoms with Crippen LogP contribution < -0.4 is 0 Å². The van der Waals surface area contributed by atoms with Gasteiger partial charge in [-0.25, -0.2) is 0 Å². The lowest BCUT2D eigenvalue weighted by atomic mass is 9.56. The molecule has 0 spiro atoms. The van der Waals surface area contributed by atoms with Crippen LogP contribution in [-0.4, -0.2) is 23.8 Å². The Bertz CT molecular complexity index is 367. The number of aliphatic hydroxyl groups excluding tert-OH is 1. The zero-order chi connectivity index (χ0) is 14.8. The molecule has 0 aromatic carbocycles. The highest BCUT2D eigenvalue weighted by molar-refractivity contribution is 5.69. The van der Waals surface area contributed by atoms with Crippen molar-refractivity contribution in [3.05, 3.63) is 0 Å². The number of fused-ring (bicyclic) bond motifs is 3. The van der Waals surface area contributed by atoms with Crippen molar-refractivity contribution in [2.24, 2.45) is 29.6 Å². The van der Waals surface area contributed by atoms with Crippen LogP contribution in [-0.2, 0) is 9.53 Å². The molecular formula is C18H30O3. The third-order valence-electron chi connectivity index (χ3n) is 6.38. The Morgan fingerprint density at radius 1 is 1.00 bits per heavy atom. The molecule has 0 radical (unpaired) electrons. The number of aliphatic hydroxyl groups is 1.